The number of carbonyl (C=O) groups excluding carboxylic acids is 1. The normalized spacial score (nSPS) is 14.7. The fourth-order valence-electron chi connectivity index (χ4n) is 3.31. The van der Waals surface area contributed by atoms with Crippen LogP contribution in [0.1, 0.15) is 23.6 Å². The molecule has 0 bridgehead atoms. The van der Waals surface area contributed by atoms with Gasteiger partial charge in [0.25, 0.3) is 0 Å². The van der Waals surface area contributed by atoms with Gasteiger partial charge in [0.2, 0.25) is 0 Å². The second-order valence-electron chi connectivity index (χ2n) is 6.46. The summed E-state index contributed by atoms with van der Waals surface area (Å²) in [6, 6.07) is 13.6. The quantitative estimate of drug-likeness (QED) is 0.577. The summed E-state index contributed by atoms with van der Waals surface area (Å²) in [6.45, 7) is 2.86. The Bertz CT molecular complexity index is 934. The Labute approximate surface area is 171 Å². The van der Waals surface area contributed by atoms with Crippen molar-refractivity contribution in [1.82, 2.24) is 5.32 Å². The number of esters is 1. The van der Waals surface area contributed by atoms with E-state index in [-0.39, 0.29) is 12.5 Å². The summed E-state index contributed by atoms with van der Waals surface area (Å²) < 4.78 is 15.9. The van der Waals surface area contributed by atoms with E-state index >= 15 is 0 Å². The largest absolute Gasteiger partial charge is 0.497 e. The van der Waals surface area contributed by atoms with Crippen LogP contribution in [0.4, 0.5) is 0 Å². The van der Waals surface area contributed by atoms with Crippen LogP contribution in [-0.4, -0.2) is 45.6 Å². The van der Waals surface area contributed by atoms with Crippen molar-refractivity contribution < 1.29 is 19.0 Å². The van der Waals surface area contributed by atoms with Gasteiger partial charge in [-0.2, -0.15) is 0 Å². The number of allylic oxidation sites excluding steroid dienone is 1. The number of methoxy groups -OCH3 is 2. The monoisotopic (exact) mass is 394 g/mol. The number of nitrogens with zero attached hydrogens (tertiary/aromatic N) is 1. The van der Waals surface area contributed by atoms with E-state index in [1.807, 2.05) is 42.5 Å². The number of hydrogen-bond donors (Lipinski definition) is 1. The van der Waals surface area contributed by atoms with Gasteiger partial charge in [0.15, 0.2) is 0 Å². The molecule has 0 aliphatic carbocycles. The summed E-state index contributed by atoms with van der Waals surface area (Å²) in [5.74, 6) is 1.25. The van der Waals surface area contributed by atoms with Crippen LogP contribution in [0, 0.1) is 0 Å². The van der Waals surface area contributed by atoms with Crippen molar-refractivity contribution in [3.8, 4) is 11.5 Å². The molecule has 1 aliphatic heterocycles. The first-order valence-corrected chi connectivity index (χ1v) is 9.62. The summed E-state index contributed by atoms with van der Waals surface area (Å²) in [5.41, 5.74) is 4.71. The predicted molar refractivity (Wildman–Crippen MR) is 114 cm³/mol. The van der Waals surface area contributed by atoms with E-state index in [0.29, 0.717) is 12.3 Å². The minimum Gasteiger partial charge on any atom is -0.497 e. The molecule has 0 radical (unpaired) electrons. The first kappa shape index (κ1) is 20.5. The Morgan fingerprint density at radius 3 is 2.76 bits per heavy atom. The summed E-state index contributed by atoms with van der Waals surface area (Å²) in [6.07, 6.45) is 2.84. The first-order valence-electron chi connectivity index (χ1n) is 9.62. The van der Waals surface area contributed by atoms with Crippen LogP contribution in [0.3, 0.4) is 0 Å². The van der Waals surface area contributed by atoms with E-state index in [9.17, 15) is 4.79 Å². The van der Waals surface area contributed by atoms with Gasteiger partial charge in [0, 0.05) is 28.9 Å². The summed E-state index contributed by atoms with van der Waals surface area (Å²) in [7, 11) is 3.31. The van der Waals surface area contributed by atoms with Crippen LogP contribution in [0.25, 0.3) is 5.70 Å². The maximum absolute atomic E-state index is 11.9. The minimum absolute atomic E-state index is 0.0465. The lowest BCUT2D eigenvalue weighted by atomic mass is 9.95. The van der Waals surface area contributed by atoms with Crippen LogP contribution in [0.15, 0.2) is 53.5 Å². The second-order valence-corrected chi connectivity index (χ2v) is 6.46. The first-order chi connectivity index (χ1) is 14.2. The van der Waals surface area contributed by atoms with E-state index in [1.165, 1.54) is 0 Å². The number of benzene rings is 2. The summed E-state index contributed by atoms with van der Waals surface area (Å²) in [4.78, 5) is 16.4. The maximum atomic E-state index is 11.9. The SMILES string of the molecule is CCOC(=O)C/N=C(\C=C1/NCCc2c(OC)cccc21)c1cccc(OC)c1. The molecular weight excluding hydrogens is 368 g/mol. The van der Waals surface area contributed by atoms with Crippen molar-refractivity contribution in [3.05, 3.63) is 65.2 Å². The predicted octanol–water partition coefficient (Wildman–Crippen LogP) is 3.24. The molecule has 1 N–H and O–H groups in total. The smallest absolute Gasteiger partial charge is 0.327 e. The zero-order valence-corrected chi connectivity index (χ0v) is 17.0. The van der Waals surface area contributed by atoms with E-state index < -0.39 is 0 Å². The lowest BCUT2D eigenvalue weighted by Crippen LogP contribution is -2.24. The molecule has 152 valence electrons. The fraction of sp³-hybridized carbons (Fsp3) is 0.304. The van der Waals surface area contributed by atoms with Gasteiger partial charge >= 0.3 is 5.97 Å². The zero-order chi connectivity index (χ0) is 20.6. The lowest BCUT2D eigenvalue weighted by molar-refractivity contribution is -0.141. The van der Waals surface area contributed by atoms with Gasteiger partial charge in [0.05, 0.1) is 26.5 Å². The molecule has 0 saturated heterocycles. The molecule has 0 amide bonds. The standard InChI is InChI=1S/C23H26N2O4/c1-4-29-23(26)15-25-20(16-7-5-8-17(13-16)27-2)14-21-18-9-6-10-22(28-3)19(18)11-12-24-21/h5-10,13-14,24H,4,11-12,15H2,1-3H3/b21-14-,25-20+. The van der Waals surface area contributed by atoms with Crippen LogP contribution in [-0.2, 0) is 16.0 Å². The Hall–Kier alpha value is -3.28. The van der Waals surface area contributed by atoms with E-state index in [4.69, 9.17) is 14.2 Å². The highest BCUT2D eigenvalue weighted by atomic mass is 16.5. The Balaban J connectivity index is 2.03. The molecule has 6 nitrogen and oxygen atoms in total. The third-order valence-corrected chi connectivity index (χ3v) is 4.66. The van der Waals surface area contributed by atoms with Crippen LogP contribution >= 0.6 is 0 Å². The molecule has 0 spiro atoms. The van der Waals surface area contributed by atoms with E-state index in [0.717, 1.165) is 46.9 Å². The number of rotatable bonds is 7. The molecule has 29 heavy (non-hydrogen) atoms. The number of ether oxygens (including phenoxy) is 3. The summed E-state index contributed by atoms with van der Waals surface area (Å²) in [5, 5.41) is 3.45. The van der Waals surface area contributed by atoms with Crippen molar-refractivity contribution in [1.29, 1.82) is 0 Å². The van der Waals surface area contributed by atoms with Gasteiger partial charge in [-0.3, -0.25) is 9.79 Å². The number of carbonyl (C=O) groups is 1. The molecule has 1 aliphatic rings. The highest BCUT2D eigenvalue weighted by Crippen LogP contribution is 2.30. The molecule has 1 heterocycles. The topological polar surface area (TPSA) is 69.2 Å². The second kappa shape index (κ2) is 9.78. The number of aliphatic imine (C=N–C) groups is 1. The van der Waals surface area contributed by atoms with Crippen molar-refractivity contribution in [2.75, 3.05) is 33.9 Å². The Morgan fingerprint density at radius 1 is 1.17 bits per heavy atom. The Morgan fingerprint density at radius 2 is 2.00 bits per heavy atom. The van der Waals surface area contributed by atoms with Gasteiger partial charge in [-0.15, -0.1) is 0 Å². The minimum atomic E-state index is -0.357. The number of nitrogens with one attached hydrogen (secondary N) is 1. The van der Waals surface area contributed by atoms with Gasteiger partial charge < -0.3 is 19.5 Å². The molecule has 6 heteroatoms. The number of hydrogen-bond acceptors (Lipinski definition) is 6. The number of fused-ring (bicyclic) bond motifs is 1. The lowest BCUT2D eigenvalue weighted by Gasteiger charge is -2.23. The van der Waals surface area contributed by atoms with Crippen LogP contribution in [0.5, 0.6) is 11.5 Å². The van der Waals surface area contributed by atoms with Crippen molar-refractivity contribution in [3.63, 3.8) is 0 Å². The van der Waals surface area contributed by atoms with Gasteiger partial charge in [-0.05, 0) is 37.6 Å². The van der Waals surface area contributed by atoms with Gasteiger partial charge in [-0.25, -0.2) is 0 Å². The third-order valence-electron chi connectivity index (χ3n) is 4.66. The van der Waals surface area contributed by atoms with Gasteiger partial charge in [-0.1, -0.05) is 24.3 Å². The van der Waals surface area contributed by atoms with E-state index in [1.54, 1.807) is 21.1 Å². The fourth-order valence-corrected chi connectivity index (χ4v) is 3.31. The summed E-state index contributed by atoms with van der Waals surface area (Å²) >= 11 is 0. The van der Waals surface area contributed by atoms with Crippen LogP contribution < -0.4 is 14.8 Å². The molecule has 0 fully saturated rings. The third kappa shape index (κ3) is 4.96. The highest BCUT2D eigenvalue weighted by molar-refractivity contribution is 6.13. The maximum Gasteiger partial charge on any atom is 0.327 e. The molecule has 2 aromatic carbocycles. The molecule has 0 unspecified atom stereocenters. The van der Waals surface area contributed by atoms with Crippen molar-refractivity contribution in [2.45, 2.75) is 13.3 Å². The molecule has 0 atom stereocenters. The van der Waals surface area contributed by atoms with Gasteiger partial charge in [0.1, 0.15) is 18.0 Å². The highest BCUT2D eigenvalue weighted by Gasteiger charge is 2.18. The molecule has 0 saturated carbocycles. The van der Waals surface area contributed by atoms with Crippen molar-refractivity contribution >= 4 is 17.4 Å². The molecule has 0 aromatic heterocycles. The Kier molecular flexibility index (Phi) is 6.89. The molecule has 2 aromatic rings. The average Bonchev–Trinajstić information content (AvgIpc) is 2.76. The molecule has 3 rings (SSSR count). The van der Waals surface area contributed by atoms with Crippen molar-refractivity contribution in [2.24, 2.45) is 4.99 Å². The van der Waals surface area contributed by atoms with E-state index in [2.05, 4.69) is 16.4 Å². The zero-order valence-electron chi connectivity index (χ0n) is 17.0. The van der Waals surface area contributed by atoms with Crippen LogP contribution in [0.2, 0.25) is 0 Å². The molecular formula is C23H26N2O4. The average molecular weight is 394 g/mol.